The van der Waals surface area contributed by atoms with Gasteiger partial charge in [0.2, 0.25) is 5.95 Å². The largest absolute Gasteiger partial charge is 0.375 e. The van der Waals surface area contributed by atoms with E-state index in [0.29, 0.717) is 12.4 Å². The Morgan fingerprint density at radius 2 is 1.90 bits per heavy atom. The number of aromatic nitrogens is 3. The summed E-state index contributed by atoms with van der Waals surface area (Å²) in [6.07, 6.45) is 0.705. The first-order chi connectivity index (χ1) is 14.0. The number of nitrogens with one attached hydrogen (secondary N) is 2. The van der Waals surface area contributed by atoms with Crippen molar-refractivity contribution in [3.05, 3.63) is 71.0 Å². The molecule has 2 atom stereocenters. The van der Waals surface area contributed by atoms with Crippen molar-refractivity contribution in [2.45, 2.75) is 25.4 Å². The van der Waals surface area contributed by atoms with Gasteiger partial charge in [0.1, 0.15) is 12.4 Å². The second-order valence-electron chi connectivity index (χ2n) is 7.10. The molecule has 2 heterocycles. The maximum absolute atomic E-state index is 13.4. The third kappa shape index (κ3) is 4.12. The molecule has 4 rings (SSSR count). The van der Waals surface area contributed by atoms with Gasteiger partial charge in [0.15, 0.2) is 0 Å². The van der Waals surface area contributed by atoms with Crippen LogP contribution in [0.4, 0.5) is 16.3 Å². The van der Waals surface area contributed by atoms with Gasteiger partial charge in [-0.2, -0.15) is 4.98 Å². The molecule has 0 unspecified atom stereocenters. The van der Waals surface area contributed by atoms with Crippen LogP contribution in [0.5, 0.6) is 0 Å². The predicted molar refractivity (Wildman–Crippen MR) is 107 cm³/mol. The molecule has 1 amide bonds. The topological polar surface area (TPSA) is 81.1 Å². The average molecular weight is 395 g/mol. The first-order valence-electron chi connectivity index (χ1n) is 9.37. The van der Waals surface area contributed by atoms with Gasteiger partial charge in [-0.1, -0.05) is 42.0 Å². The van der Waals surface area contributed by atoms with Crippen LogP contribution in [0, 0.1) is 12.7 Å². The van der Waals surface area contributed by atoms with Gasteiger partial charge < -0.3 is 10.1 Å². The zero-order chi connectivity index (χ0) is 20.4. The van der Waals surface area contributed by atoms with Crippen LogP contribution in [-0.4, -0.2) is 34.4 Å². The number of rotatable bonds is 5. The Hall–Kier alpha value is -3.26. The molecule has 0 aliphatic carbocycles. The van der Waals surface area contributed by atoms with E-state index in [1.807, 2.05) is 6.92 Å². The normalized spacial score (nSPS) is 18.0. The van der Waals surface area contributed by atoms with Crippen LogP contribution in [0.1, 0.15) is 35.2 Å². The number of carbonyl (C=O) groups excluding carboxylic acids is 1. The molecule has 0 spiro atoms. The number of hydrogen-bond acceptors (Lipinski definition) is 5. The third-order valence-corrected chi connectivity index (χ3v) is 4.95. The lowest BCUT2D eigenvalue weighted by Crippen LogP contribution is -2.28. The molecular formula is C21H22FN5O2. The van der Waals surface area contributed by atoms with Crippen LogP contribution in [0.2, 0.25) is 0 Å². The van der Waals surface area contributed by atoms with E-state index in [0.717, 1.165) is 11.1 Å². The summed E-state index contributed by atoms with van der Waals surface area (Å²) in [6, 6.07) is 14.6. The number of aryl methyl sites for hydroxylation is 1. The zero-order valence-corrected chi connectivity index (χ0v) is 16.2. The molecule has 150 valence electrons. The zero-order valence-electron chi connectivity index (χ0n) is 16.2. The molecule has 1 aliphatic rings. The number of carbonyl (C=O) groups is 1. The molecule has 7 nitrogen and oxygen atoms in total. The Balaban J connectivity index is 1.69. The summed E-state index contributed by atoms with van der Waals surface area (Å²) in [4.78, 5) is 16.3. The third-order valence-electron chi connectivity index (χ3n) is 4.95. The van der Waals surface area contributed by atoms with E-state index < -0.39 is 0 Å². The Labute approximate surface area is 167 Å². The van der Waals surface area contributed by atoms with Gasteiger partial charge in [-0.05, 0) is 36.6 Å². The lowest BCUT2D eigenvalue weighted by molar-refractivity contribution is -0.119. The number of amides is 1. The first-order valence-corrected chi connectivity index (χ1v) is 9.37. The monoisotopic (exact) mass is 395 g/mol. The van der Waals surface area contributed by atoms with Crippen molar-refractivity contribution in [2.75, 3.05) is 24.4 Å². The Kier molecular flexibility index (Phi) is 5.26. The van der Waals surface area contributed by atoms with Crippen molar-refractivity contribution in [3.63, 3.8) is 0 Å². The average Bonchev–Trinajstić information content (AvgIpc) is 3.11. The second kappa shape index (κ2) is 8.00. The van der Waals surface area contributed by atoms with E-state index in [9.17, 15) is 9.18 Å². The van der Waals surface area contributed by atoms with Crippen molar-refractivity contribution in [1.29, 1.82) is 0 Å². The number of benzene rings is 2. The highest BCUT2D eigenvalue weighted by Crippen LogP contribution is 2.38. The van der Waals surface area contributed by atoms with Crippen LogP contribution >= 0.6 is 0 Å². The van der Waals surface area contributed by atoms with Crippen molar-refractivity contribution in [2.24, 2.45) is 0 Å². The number of hydrogen-bond donors (Lipinski definition) is 2. The van der Waals surface area contributed by atoms with E-state index in [2.05, 4.69) is 45.0 Å². The summed E-state index contributed by atoms with van der Waals surface area (Å²) < 4.78 is 20.0. The molecule has 2 N–H and O–H groups in total. The second-order valence-corrected chi connectivity index (χ2v) is 7.10. The Morgan fingerprint density at radius 1 is 1.21 bits per heavy atom. The lowest BCUT2D eigenvalue weighted by Gasteiger charge is -2.31. The summed E-state index contributed by atoms with van der Waals surface area (Å²) in [7, 11) is 1.45. The SMILES string of the molecule is COCC(=O)Nc1nc2n(n1)[C@H](c1ccc(F)cc1)C[C@H](c1ccc(C)cc1)N2. The molecule has 1 aliphatic heterocycles. The maximum atomic E-state index is 13.4. The fourth-order valence-corrected chi connectivity index (χ4v) is 3.50. The minimum atomic E-state index is -0.330. The summed E-state index contributed by atoms with van der Waals surface area (Å²) in [5, 5.41) is 10.5. The maximum Gasteiger partial charge on any atom is 0.252 e. The highest BCUT2D eigenvalue weighted by atomic mass is 19.1. The van der Waals surface area contributed by atoms with Gasteiger partial charge >= 0.3 is 0 Å². The molecular weight excluding hydrogens is 373 g/mol. The first kappa shape index (κ1) is 19.1. The molecule has 8 heteroatoms. The molecule has 0 bridgehead atoms. The minimum absolute atomic E-state index is 0.00452. The fourth-order valence-electron chi connectivity index (χ4n) is 3.50. The Morgan fingerprint density at radius 3 is 2.59 bits per heavy atom. The molecule has 0 saturated carbocycles. The van der Waals surface area contributed by atoms with Crippen LogP contribution in [0.3, 0.4) is 0 Å². The van der Waals surface area contributed by atoms with Gasteiger partial charge in [0.25, 0.3) is 11.9 Å². The van der Waals surface area contributed by atoms with E-state index in [1.54, 1.807) is 16.8 Å². The number of fused-ring (bicyclic) bond motifs is 1. The van der Waals surface area contributed by atoms with Gasteiger partial charge in [-0.25, -0.2) is 9.07 Å². The van der Waals surface area contributed by atoms with Gasteiger partial charge in [-0.3, -0.25) is 10.1 Å². The summed E-state index contributed by atoms with van der Waals surface area (Å²) in [5.74, 6) is 0.128. The van der Waals surface area contributed by atoms with E-state index >= 15 is 0 Å². The van der Waals surface area contributed by atoms with Crippen LogP contribution in [0.25, 0.3) is 0 Å². The minimum Gasteiger partial charge on any atom is -0.375 e. The van der Waals surface area contributed by atoms with E-state index in [-0.39, 0.29) is 36.4 Å². The molecule has 29 heavy (non-hydrogen) atoms. The van der Waals surface area contributed by atoms with Crippen molar-refractivity contribution in [1.82, 2.24) is 14.8 Å². The molecule has 0 fully saturated rings. The summed E-state index contributed by atoms with van der Waals surface area (Å²) in [5.41, 5.74) is 3.24. The smallest absolute Gasteiger partial charge is 0.252 e. The highest BCUT2D eigenvalue weighted by molar-refractivity contribution is 5.90. The fraction of sp³-hybridized carbons (Fsp3) is 0.286. The molecule has 1 aromatic heterocycles. The van der Waals surface area contributed by atoms with Crippen LogP contribution in [-0.2, 0) is 9.53 Å². The van der Waals surface area contributed by atoms with E-state index in [4.69, 9.17) is 4.74 Å². The van der Waals surface area contributed by atoms with Gasteiger partial charge in [0, 0.05) is 7.11 Å². The molecule has 0 radical (unpaired) electrons. The standard InChI is InChI=1S/C21H22FN5O2/c1-13-3-5-14(6-4-13)17-11-18(15-7-9-16(22)10-8-15)27-21(23-17)25-20(26-27)24-19(28)12-29-2/h3-10,17-18H,11-12H2,1-2H3,(H2,23,24,25,26,28)/t17-,18+/m1/s1. The lowest BCUT2D eigenvalue weighted by atomic mass is 9.93. The molecule has 2 aromatic carbocycles. The highest BCUT2D eigenvalue weighted by Gasteiger charge is 2.31. The summed E-state index contributed by atoms with van der Waals surface area (Å²) in [6.45, 7) is 1.97. The number of ether oxygens (including phenoxy) is 1. The van der Waals surface area contributed by atoms with Gasteiger partial charge in [0.05, 0.1) is 12.1 Å². The molecule has 0 saturated heterocycles. The van der Waals surface area contributed by atoms with Crippen LogP contribution < -0.4 is 10.6 Å². The predicted octanol–water partition coefficient (Wildman–Crippen LogP) is 3.46. The van der Waals surface area contributed by atoms with Gasteiger partial charge in [-0.15, -0.1) is 5.10 Å². The van der Waals surface area contributed by atoms with Crippen molar-refractivity contribution < 1.29 is 13.9 Å². The van der Waals surface area contributed by atoms with Crippen molar-refractivity contribution in [3.8, 4) is 0 Å². The number of anilines is 2. The van der Waals surface area contributed by atoms with Crippen molar-refractivity contribution >= 4 is 17.8 Å². The Bertz CT molecular complexity index is 1000. The quantitative estimate of drug-likeness (QED) is 0.692. The summed E-state index contributed by atoms with van der Waals surface area (Å²) >= 11 is 0. The number of methoxy groups -OCH3 is 1. The van der Waals surface area contributed by atoms with E-state index in [1.165, 1.54) is 24.8 Å². The number of halogens is 1. The molecule has 3 aromatic rings. The number of nitrogens with zero attached hydrogens (tertiary/aromatic N) is 3. The van der Waals surface area contributed by atoms with Crippen LogP contribution in [0.15, 0.2) is 48.5 Å².